The number of hydrogen-bond acceptors (Lipinski definition) is 7. The van der Waals surface area contributed by atoms with Crippen molar-refractivity contribution in [3.05, 3.63) is 38.4 Å². The molecular weight excluding hydrogens is 580 g/mol. The Kier molecular flexibility index (Phi) is 8.84. The number of alkyl halides is 12. The van der Waals surface area contributed by atoms with E-state index in [0.717, 1.165) is 0 Å². The first-order valence-corrected chi connectivity index (χ1v) is 9.91. The van der Waals surface area contributed by atoms with Crippen LogP contribution in [0.4, 0.5) is 64.1 Å². The van der Waals surface area contributed by atoms with Crippen LogP contribution in [0.25, 0.3) is 0 Å². The van der Waals surface area contributed by atoms with Crippen molar-refractivity contribution in [2.45, 2.75) is 40.9 Å². The minimum atomic E-state index is -7.85. The largest absolute Gasteiger partial charge is 0.458 e. The number of rotatable bonds is 12. The molecule has 9 nitrogen and oxygen atoms in total. The molecule has 1 aromatic carbocycles. The lowest BCUT2D eigenvalue weighted by Crippen LogP contribution is -2.69. The molecule has 0 amide bonds. The van der Waals surface area contributed by atoms with Crippen LogP contribution < -0.4 is 0 Å². The number of esters is 1. The second-order valence-electron chi connectivity index (χ2n) is 6.67. The zero-order valence-corrected chi connectivity index (χ0v) is 17.7. The number of halogens is 12. The molecular formula is C15H8F12N2O7S. The highest BCUT2D eigenvalue weighted by atomic mass is 32.2. The Labute approximate surface area is 197 Å². The Morgan fingerprint density at radius 1 is 0.892 bits per heavy atom. The summed E-state index contributed by atoms with van der Waals surface area (Å²) >= 11 is 0. The van der Waals surface area contributed by atoms with Crippen LogP contribution in [-0.4, -0.2) is 68.4 Å². The maximum atomic E-state index is 13.6. The zero-order chi connectivity index (χ0) is 29.4. The molecule has 0 heterocycles. The fourth-order valence-corrected chi connectivity index (χ4v) is 3.26. The second-order valence-corrected chi connectivity index (χ2v) is 8.09. The summed E-state index contributed by atoms with van der Waals surface area (Å²) in [6, 6.07) is 1.26. The second kappa shape index (κ2) is 10.3. The van der Waals surface area contributed by atoms with E-state index in [1.807, 2.05) is 0 Å². The summed E-state index contributed by atoms with van der Waals surface area (Å²) in [4.78, 5) is 29.7. The van der Waals surface area contributed by atoms with Crippen molar-refractivity contribution in [3.63, 3.8) is 0 Å². The Morgan fingerprint density at radius 3 is 1.84 bits per heavy atom. The summed E-state index contributed by atoms with van der Waals surface area (Å²) in [6.07, 6.45) is -5.70. The number of benzene rings is 1. The molecule has 0 aliphatic heterocycles. The van der Waals surface area contributed by atoms with Crippen molar-refractivity contribution in [2.24, 2.45) is 0 Å². The first kappa shape index (κ1) is 31.8. The summed E-state index contributed by atoms with van der Waals surface area (Å²) in [7, 11) is -2.99. The van der Waals surface area contributed by atoms with Crippen LogP contribution in [0.2, 0.25) is 0 Å². The van der Waals surface area contributed by atoms with E-state index in [-0.39, 0.29) is 6.07 Å². The van der Waals surface area contributed by atoms with Crippen molar-refractivity contribution >= 4 is 28.1 Å². The van der Waals surface area contributed by atoms with Crippen LogP contribution in [0.5, 0.6) is 0 Å². The molecule has 0 saturated heterocycles. The molecule has 22 heteroatoms. The molecule has 1 unspecified atom stereocenters. The quantitative estimate of drug-likeness (QED) is 0.151. The van der Waals surface area contributed by atoms with Gasteiger partial charge in [-0.2, -0.15) is 43.9 Å². The third kappa shape index (κ3) is 5.71. The number of non-ortho nitro benzene ring substituents is 1. The maximum Gasteiger partial charge on any atom is 0.384 e. The number of nitrogens with zero attached hydrogens (tertiary/aromatic N) is 2. The summed E-state index contributed by atoms with van der Waals surface area (Å²) in [6.45, 7) is -3.26. The highest BCUT2D eigenvalue weighted by molar-refractivity contribution is 7.85. The smallest absolute Gasteiger partial charge is 0.384 e. The number of hydrogen-bond donors (Lipinski definition) is 0. The summed E-state index contributed by atoms with van der Waals surface area (Å²) in [5.74, 6) is -41.0. The van der Waals surface area contributed by atoms with Crippen LogP contribution in [0.15, 0.2) is 23.1 Å². The number of nitro benzene ring substituents is 2. The molecule has 37 heavy (non-hydrogen) atoms. The fraction of sp³-hybridized carbons (Fsp3) is 0.533. The maximum absolute atomic E-state index is 13.6. The molecule has 0 radical (unpaired) electrons. The monoisotopic (exact) mass is 588 g/mol. The predicted molar refractivity (Wildman–Crippen MR) is 92.7 cm³/mol. The Balaban J connectivity index is 3.12. The van der Waals surface area contributed by atoms with Gasteiger partial charge in [-0.3, -0.25) is 29.2 Å². The molecule has 0 saturated carbocycles. The molecule has 1 aromatic rings. The molecule has 1 rings (SSSR count). The van der Waals surface area contributed by atoms with E-state index in [9.17, 15) is 81.9 Å². The van der Waals surface area contributed by atoms with Crippen LogP contribution in [0, 0.1) is 20.2 Å². The molecule has 210 valence electrons. The lowest BCUT2D eigenvalue weighted by Gasteiger charge is -2.38. The minimum Gasteiger partial charge on any atom is -0.458 e. The number of carbonyl (C=O) groups excluding carboxylic acids is 1. The van der Waals surface area contributed by atoms with E-state index in [2.05, 4.69) is 4.74 Å². The third-order valence-corrected chi connectivity index (χ3v) is 5.53. The van der Waals surface area contributed by atoms with Gasteiger partial charge in [-0.25, -0.2) is 8.78 Å². The Bertz CT molecular complexity index is 1100. The van der Waals surface area contributed by atoms with E-state index >= 15 is 0 Å². The normalized spacial score (nSPS) is 14.4. The van der Waals surface area contributed by atoms with Crippen molar-refractivity contribution in [2.75, 3.05) is 12.4 Å². The van der Waals surface area contributed by atoms with Gasteiger partial charge >= 0.3 is 42.0 Å². The van der Waals surface area contributed by atoms with Crippen LogP contribution in [0.3, 0.4) is 0 Å². The first-order chi connectivity index (χ1) is 16.5. The van der Waals surface area contributed by atoms with Crippen molar-refractivity contribution < 1.29 is 76.3 Å². The topological polar surface area (TPSA) is 130 Å². The number of ether oxygens (including phenoxy) is 1. The van der Waals surface area contributed by atoms with Gasteiger partial charge in [0.15, 0.2) is 6.61 Å². The highest BCUT2D eigenvalue weighted by Crippen LogP contribution is 2.58. The molecule has 0 aliphatic carbocycles. The van der Waals surface area contributed by atoms with E-state index in [0.29, 0.717) is 12.1 Å². The van der Waals surface area contributed by atoms with E-state index in [1.165, 1.54) is 0 Å². The average Bonchev–Trinajstić information content (AvgIpc) is 2.76. The molecule has 0 spiro atoms. The van der Waals surface area contributed by atoms with E-state index in [4.69, 9.17) is 0 Å². The van der Waals surface area contributed by atoms with E-state index < -0.39 is 91.3 Å². The predicted octanol–water partition coefficient (Wildman–Crippen LogP) is 4.60. The summed E-state index contributed by atoms with van der Waals surface area (Å²) in [5.41, 5.74) is -2.16. The van der Waals surface area contributed by atoms with Gasteiger partial charge in [-0.1, -0.05) is 0 Å². The molecule has 0 aliphatic rings. The van der Waals surface area contributed by atoms with Crippen molar-refractivity contribution in [1.29, 1.82) is 0 Å². The van der Waals surface area contributed by atoms with Crippen molar-refractivity contribution in [3.8, 4) is 0 Å². The third-order valence-electron chi connectivity index (χ3n) is 4.20. The van der Waals surface area contributed by atoms with Gasteiger partial charge < -0.3 is 4.74 Å². The minimum absolute atomic E-state index is 0.255. The Morgan fingerprint density at radius 2 is 1.41 bits per heavy atom. The van der Waals surface area contributed by atoms with Crippen LogP contribution in [0.1, 0.15) is 0 Å². The first-order valence-electron chi connectivity index (χ1n) is 8.59. The summed E-state index contributed by atoms with van der Waals surface area (Å²) < 4.78 is 173. The molecule has 0 fully saturated rings. The van der Waals surface area contributed by atoms with Gasteiger partial charge in [-0.05, 0) is 6.07 Å². The fourth-order valence-electron chi connectivity index (χ4n) is 2.22. The number of carbonyl (C=O) groups is 1. The SMILES string of the molecule is O=C(CS(=O)c1ccc([N+](=O)[O-])cc1[N+](=O)[O-])OCC(F)(F)C(F)(F)C(F)(F)C(F)(F)C(F)(F)C(F)F. The lowest BCUT2D eigenvalue weighted by molar-refractivity contribution is -0.414. The van der Waals surface area contributed by atoms with Gasteiger partial charge in [0.1, 0.15) is 10.6 Å². The summed E-state index contributed by atoms with van der Waals surface area (Å²) in [5, 5.41) is 21.6. The lowest BCUT2D eigenvalue weighted by atomic mass is 9.94. The van der Waals surface area contributed by atoms with Crippen LogP contribution in [-0.2, 0) is 20.3 Å². The molecule has 0 aromatic heterocycles. The van der Waals surface area contributed by atoms with Gasteiger partial charge in [0, 0.05) is 6.07 Å². The molecule has 0 bridgehead atoms. The van der Waals surface area contributed by atoms with Gasteiger partial charge in [0.05, 0.1) is 26.7 Å². The standard InChI is InChI=1S/C15H8F12N2O7S/c16-10(17)12(20,21)14(24,25)15(26,27)13(22,23)11(18,19)5-36-9(30)4-37(35)8-2-1-6(28(31)32)3-7(8)29(33)34/h1-3,10H,4-5H2. The average molecular weight is 588 g/mol. The van der Waals surface area contributed by atoms with E-state index in [1.54, 1.807) is 0 Å². The van der Waals surface area contributed by atoms with Gasteiger partial charge in [-0.15, -0.1) is 0 Å². The zero-order valence-electron chi connectivity index (χ0n) is 16.9. The van der Waals surface area contributed by atoms with Crippen LogP contribution >= 0.6 is 0 Å². The molecule has 0 N–H and O–H groups in total. The Hall–Kier alpha value is -3.20. The van der Waals surface area contributed by atoms with Gasteiger partial charge in [0.2, 0.25) is 0 Å². The van der Waals surface area contributed by atoms with Gasteiger partial charge in [0.25, 0.3) is 11.4 Å². The number of nitro groups is 2. The highest BCUT2D eigenvalue weighted by Gasteiger charge is 2.87. The molecule has 1 atom stereocenters. The van der Waals surface area contributed by atoms with Crippen molar-refractivity contribution in [1.82, 2.24) is 0 Å².